The SMILES string of the molecule is CCO[Si](CCCSC(C)(C)C(=O)OCCN(C)C)(OCC)OCC. The fourth-order valence-electron chi connectivity index (χ4n) is 2.17. The summed E-state index contributed by atoms with van der Waals surface area (Å²) in [5, 5.41) is 0. The van der Waals surface area contributed by atoms with Crippen molar-refractivity contribution in [3.8, 4) is 0 Å². The quantitative estimate of drug-likeness (QED) is 0.240. The van der Waals surface area contributed by atoms with Gasteiger partial charge in [0.2, 0.25) is 0 Å². The van der Waals surface area contributed by atoms with Crippen LogP contribution in [0.5, 0.6) is 0 Å². The Balaban J connectivity index is 4.37. The number of rotatable bonds is 15. The van der Waals surface area contributed by atoms with Crippen molar-refractivity contribution < 1.29 is 22.8 Å². The summed E-state index contributed by atoms with van der Waals surface area (Å²) < 4.78 is 22.4. The first-order valence-electron chi connectivity index (χ1n) is 9.10. The van der Waals surface area contributed by atoms with Crippen LogP contribution in [0, 0.1) is 0 Å². The van der Waals surface area contributed by atoms with Gasteiger partial charge in [-0.1, -0.05) is 0 Å². The van der Waals surface area contributed by atoms with Crippen molar-refractivity contribution in [3.05, 3.63) is 0 Å². The maximum atomic E-state index is 12.2. The number of carbonyl (C=O) groups is 1. The molecule has 6 nitrogen and oxygen atoms in total. The Morgan fingerprint density at radius 2 is 1.56 bits per heavy atom. The molecule has 0 unspecified atom stereocenters. The molecule has 0 aromatic heterocycles. The van der Waals surface area contributed by atoms with E-state index in [0.29, 0.717) is 26.4 Å². The van der Waals surface area contributed by atoms with Crippen molar-refractivity contribution in [2.24, 2.45) is 0 Å². The van der Waals surface area contributed by atoms with E-state index in [1.54, 1.807) is 11.8 Å². The molecule has 0 bridgehead atoms. The Hall–Kier alpha value is -0.123. The van der Waals surface area contributed by atoms with Gasteiger partial charge in [0.15, 0.2) is 0 Å². The van der Waals surface area contributed by atoms with E-state index in [0.717, 1.165) is 24.8 Å². The molecular formula is C17H37NO5SSi. The highest BCUT2D eigenvalue weighted by Crippen LogP contribution is 2.28. The molecule has 8 heteroatoms. The summed E-state index contributed by atoms with van der Waals surface area (Å²) in [6.45, 7) is 12.6. The van der Waals surface area contributed by atoms with Crippen LogP contribution in [0.1, 0.15) is 41.0 Å². The number of hydrogen-bond acceptors (Lipinski definition) is 7. The first-order valence-corrected chi connectivity index (χ1v) is 12.0. The standard InChI is InChI=1S/C17H37NO5SSi/c1-8-21-25(22-9-2,23-10-3)15-11-14-24-17(4,5)16(19)20-13-12-18(6)7/h8-15H2,1-7H3. The minimum Gasteiger partial charge on any atom is -0.463 e. The highest BCUT2D eigenvalue weighted by Gasteiger charge is 2.40. The number of hydrogen-bond donors (Lipinski definition) is 0. The topological polar surface area (TPSA) is 57.2 Å². The monoisotopic (exact) mass is 395 g/mol. The molecular weight excluding hydrogens is 358 g/mol. The molecule has 0 heterocycles. The van der Waals surface area contributed by atoms with E-state index in [1.165, 1.54) is 0 Å². The Morgan fingerprint density at radius 3 is 2.00 bits per heavy atom. The highest BCUT2D eigenvalue weighted by molar-refractivity contribution is 8.01. The molecule has 0 atom stereocenters. The van der Waals surface area contributed by atoms with Gasteiger partial charge in [-0.3, -0.25) is 4.79 Å². The Bertz CT molecular complexity index is 352. The maximum Gasteiger partial charge on any atom is 0.500 e. The van der Waals surface area contributed by atoms with E-state index >= 15 is 0 Å². The van der Waals surface area contributed by atoms with Gasteiger partial charge >= 0.3 is 14.8 Å². The van der Waals surface area contributed by atoms with Crippen LogP contribution in [0.25, 0.3) is 0 Å². The zero-order valence-electron chi connectivity index (χ0n) is 17.1. The molecule has 0 spiro atoms. The Labute approximate surface area is 159 Å². The Kier molecular flexibility index (Phi) is 13.0. The summed E-state index contributed by atoms with van der Waals surface area (Å²) in [5.74, 6) is 0.667. The molecule has 0 amide bonds. The van der Waals surface area contributed by atoms with E-state index < -0.39 is 13.6 Å². The molecule has 0 rings (SSSR count). The normalized spacial score (nSPS) is 12.6. The van der Waals surface area contributed by atoms with E-state index in [1.807, 2.05) is 53.6 Å². The van der Waals surface area contributed by atoms with Gasteiger partial charge in [0.05, 0.1) is 0 Å². The first-order chi connectivity index (χ1) is 11.7. The summed E-state index contributed by atoms with van der Waals surface area (Å²) in [7, 11) is 1.33. The highest BCUT2D eigenvalue weighted by atomic mass is 32.2. The minimum absolute atomic E-state index is 0.165. The average Bonchev–Trinajstić information content (AvgIpc) is 2.52. The molecule has 0 saturated carbocycles. The van der Waals surface area contributed by atoms with Gasteiger partial charge in [-0.15, -0.1) is 11.8 Å². The van der Waals surface area contributed by atoms with Gasteiger partial charge in [-0.05, 0) is 60.9 Å². The summed E-state index contributed by atoms with van der Waals surface area (Å²) in [6.07, 6.45) is 0.880. The van der Waals surface area contributed by atoms with Crippen molar-refractivity contribution in [1.29, 1.82) is 0 Å². The second kappa shape index (κ2) is 13.1. The lowest BCUT2D eigenvalue weighted by Gasteiger charge is -2.29. The van der Waals surface area contributed by atoms with Crippen LogP contribution in [-0.2, 0) is 22.8 Å². The van der Waals surface area contributed by atoms with Crippen molar-refractivity contribution in [2.75, 3.05) is 52.8 Å². The van der Waals surface area contributed by atoms with Gasteiger partial charge < -0.3 is 22.9 Å². The zero-order valence-corrected chi connectivity index (χ0v) is 18.9. The third-order valence-corrected chi connectivity index (χ3v) is 7.98. The van der Waals surface area contributed by atoms with Crippen LogP contribution in [0.2, 0.25) is 6.04 Å². The molecule has 0 aliphatic carbocycles. The summed E-state index contributed by atoms with van der Waals surface area (Å²) in [6, 6.07) is 0.765. The second-order valence-electron chi connectivity index (χ2n) is 6.38. The van der Waals surface area contributed by atoms with Crippen LogP contribution in [0.15, 0.2) is 0 Å². The molecule has 0 aliphatic rings. The van der Waals surface area contributed by atoms with Crippen LogP contribution >= 0.6 is 11.8 Å². The predicted molar refractivity (Wildman–Crippen MR) is 106 cm³/mol. The number of nitrogens with zero attached hydrogens (tertiary/aromatic N) is 1. The third-order valence-electron chi connectivity index (χ3n) is 3.45. The van der Waals surface area contributed by atoms with Gasteiger partial charge in [0.1, 0.15) is 11.4 Å². The molecule has 0 radical (unpaired) electrons. The molecule has 25 heavy (non-hydrogen) atoms. The Morgan fingerprint density at radius 1 is 1.04 bits per heavy atom. The van der Waals surface area contributed by atoms with Crippen molar-refractivity contribution in [1.82, 2.24) is 4.90 Å². The third kappa shape index (κ3) is 10.6. The lowest BCUT2D eigenvalue weighted by atomic mass is 10.2. The van der Waals surface area contributed by atoms with Gasteiger partial charge in [-0.2, -0.15) is 0 Å². The average molecular weight is 396 g/mol. The largest absolute Gasteiger partial charge is 0.500 e. The fourth-order valence-corrected chi connectivity index (χ4v) is 6.02. The zero-order chi connectivity index (χ0) is 19.3. The number of carbonyl (C=O) groups excluding carboxylic acids is 1. The van der Waals surface area contributed by atoms with Crippen molar-refractivity contribution in [3.63, 3.8) is 0 Å². The molecule has 0 aromatic carbocycles. The number of likely N-dealkylation sites (N-methyl/N-ethyl adjacent to an activating group) is 1. The van der Waals surface area contributed by atoms with Gasteiger partial charge in [0.25, 0.3) is 0 Å². The van der Waals surface area contributed by atoms with Crippen molar-refractivity contribution in [2.45, 2.75) is 51.8 Å². The molecule has 0 aliphatic heterocycles. The van der Waals surface area contributed by atoms with Crippen molar-refractivity contribution >= 4 is 26.5 Å². The number of esters is 1. The predicted octanol–water partition coefficient (Wildman–Crippen LogP) is 3.04. The van der Waals surface area contributed by atoms with E-state index in [-0.39, 0.29) is 5.97 Å². The van der Waals surface area contributed by atoms with Crippen LogP contribution in [0.4, 0.5) is 0 Å². The second-order valence-corrected chi connectivity index (χ2v) is 10.8. The minimum atomic E-state index is -2.59. The summed E-state index contributed by atoms with van der Waals surface area (Å²) in [4.78, 5) is 14.2. The van der Waals surface area contributed by atoms with E-state index in [2.05, 4.69) is 0 Å². The molecule has 0 aromatic rings. The lowest BCUT2D eigenvalue weighted by molar-refractivity contribution is -0.145. The number of ether oxygens (including phenoxy) is 1. The number of thioether (sulfide) groups is 1. The van der Waals surface area contributed by atoms with E-state index in [4.69, 9.17) is 18.0 Å². The molecule has 0 saturated heterocycles. The van der Waals surface area contributed by atoms with Crippen LogP contribution in [0.3, 0.4) is 0 Å². The van der Waals surface area contributed by atoms with E-state index in [9.17, 15) is 4.79 Å². The maximum absolute atomic E-state index is 12.2. The lowest BCUT2D eigenvalue weighted by Crippen LogP contribution is -2.46. The smallest absolute Gasteiger partial charge is 0.463 e. The van der Waals surface area contributed by atoms with Gasteiger partial charge in [0, 0.05) is 32.4 Å². The molecule has 150 valence electrons. The molecule has 0 fully saturated rings. The van der Waals surface area contributed by atoms with Crippen LogP contribution < -0.4 is 0 Å². The fraction of sp³-hybridized carbons (Fsp3) is 0.941. The van der Waals surface area contributed by atoms with Gasteiger partial charge in [-0.25, -0.2) is 0 Å². The van der Waals surface area contributed by atoms with Crippen LogP contribution in [-0.4, -0.2) is 77.2 Å². The summed E-state index contributed by atoms with van der Waals surface area (Å²) in [5.41, 5.74) is 0. The first kappa shape index (κ1) is 24.9. The summed E-state index contributed by atoms with van der Waals surface area (Å²) >= 11 is 1.61. The molecule has 0 N–H and O–H groups in total.